The summed E-state index contributed by atoms with van der Waals surface area (Å²) in [4.78, 5) is 6.99. The predicted octanol–water partition coefficient (Wildman–Crippen LogP) is 7.10. The number of nitrogen functional groups attached to an aromatic ring is 1. The van der Waals surface area contributed by atoms with E-state index in [1.165, 1.54) is 63.1 Å². The van der Waals surface area contributed by atoms with Crippen LogP contribution >= 0.6 is 23.5 Å². The molecular formula is C27H38N4O2S2. The summed E-state index contributed by atoms with van der Waals surface area (Å²) in [6.45, 7) is 2.26. The van der Waals surface area contributed by atoms with Crippen LogP contribution in [-0.4, -0.2) is 31.6 Å². The summed E-state index contributed by atoms with van der Waals surface area (Å²) in [6.07, 6.45) is 11.6. The normalized spacial score (nSPS) is 12.5. The molecule has 0 aliphatic carbocycles. The van der Waals surface area contributed by atoms with Crippen LogP contribution in [0.15, 0.2) is 43.9 Å². The number of nitrogens with one attached hydrogen (secondary N) is 1. The van der Waals surface area contributed by atoms with Gasteiger partial charge in [-0.15, -0.1) is 11.8 Å². The first-order valence-corrected chi connectivity index (χ1v) is 14.2. The molecule has 1 aliphatic rings. The number of anilines is 1. The molecule has 3 rings (SSSR count). The number of fused-ring (bicyclic) bond motifs is 1. The third-order valence-electron chi connectivity index (χ3n) is 6.08. The number of thioether (sulfide) groups is 1. The van der Waals surface area contributed by atoms with Crippen molar-refractivity contribution in [3.8, 4) is 11.5 Å². The molecule has 1 aliphatic heterocycles. The zero-order chi connectivity index (χ0) is 25.2. The van der Waals surface area contributed by atoms with Gasteiger partial charge in [0.05, 0.1) is 35.1 Å². The molecule has 2 aromatic rings. The minimum atomic E-state index is 0.0889. The first-order valence-electron chi connectivity index (χ1n) is 12.4. The molecular weight excluding hydrogens is 476 g/mol. The maximum atomic E-state index is 8.41. The largest absolute Gasteiger partial charge is 0.495 e. The summed E-state index contributed by atoms with van der Waals surface area (Å²) >= 11 is 3.28. The van der Waals surface area contributed by atoms with Crippen molar-refractivity contribution in [3.05, 3.63) is 35.4 Å². The molecule has 35 heavy (non-hydrogen) atoms. The highest BCUT2D eigenvalue weighted by molar-refractivity contribution is 8.02. The van der Waals surface area contributed by atoms with E-state index >= 15 is 0 Å². The molecule has 0 bridgehead atoms. The van der Waals surface area contributed by atoms with Gasteiger partial charge in [-0.1, -0.05) is 82.2 Å². The van der Waals surface area contributed by atoms with Crippen LogP contribution in [0.3, 0.4) is 0 Å². The van der Waals surface area contributed by atoms with Crippen LogP contribution < -0.4 is 20.9 Å². The first kappa shape index (κ1) is 27.3. The third kappa shape index (κ3) is 6.67. The van der Waals surface area contributed by atoms with Crippen molar-refractivity contribution in [1.82, 2.24) is 0 Å². The van der Waals surface area contributed by atoms with Crippen molar-refractivity contribution >= 4 is 40.9 Å². The maximum Gasteiger partial charge on any atom is 0.158 e. The number of nitrogens with zero attached hydrogens (tertiary/aromatic N) is 1. The number of unbranched alkanes of at least 4 members (excludes halogenated alkanes) is 8. The van der Waals surface area contributed by atoms with Crippen LogP contribution in [0.1, 0.15) is 75.8 Å². The number of aliphatic imine (C=N–C) groups is 1. The van der Waals surface area contributed by atoms with Gasteiger partial charge in [0.25, 0.3) is 0 Å². The highest BCUT2D eigenvalue weighted by Crippen LogP contribution is 2.52. The lowest BCUT2D eigenvalue weighted by molar-refractivity contribution is 0.383. The number of methoxy groups -OCH3 is 2. The molecule has 0 atom stereocenters. The third-order valence-corrected chi connectivity index (χ3v) is 8.57. The van der Waals surface area contributed by atoms with E-state index in [0.29, 0.717) is 34.1 Å². The maximum absolute atomic E-state index is 8.41. The highest BCUT2D eigenvalue weighted by atomic mass is 32.2. The number of para-hydroxylation sites is 1. The summed E-state index contributed by atoms with van der Waals surface area (Å²) in [7, 11) is 3.27. The standard InChI is InChI=1S/C27H38N4O2S2/c1-4-5-6-7-8-9-10-11-14-17-34-24-22(32-2)20-21(27(30)31-26(20)29)23(33-3)25(24)35-19-16-13-12-15-18(19)28/h12-13,15-16H,4-11,14,17,28H2,1-3H3,(H3,29,30,31). The molecule has 0 saturated carbocycles. The average Bonchev–Trinajstić information content (AvgIpc) is 3.15. The van der Waals surface area contributed by atoms with E-state index in [2.05, 4.69) is 11.9 Å². The van der Waals surface area contributed by atoms with E-state index in [9.17, 15) is 0 Å². The number of nitrogens with two attached hydrogens (primary N) is 2. The monoisotopic (exact) mass is 514 g/mol. The van der Waals surface area contributed by atoms with E-state index in [4.69, 9.17) is 26.4 Å². The van der Waals surface area contributed by atoms with Crippen molar-refractivity contribution in [1.29, 1.82) is 5.41 Å². The molecule has 0 spiro atoms. The minimum Gasteiger partial charge on any atom is -0.495 e. The molecule has 1 heterocycles. The van der Waals surface area contributed by atoms with Gasteiger partial charge in [-0.2, -0.15) is 0 Å². The Morgan fingerprint density at radius 1 is 0.829 bits per heavy atom. The van der Waals surface area contributed by atoms with Crippen LogP contribution in [0, 0.1) is 5.41 Å². The Kier molecular flexibility index (Phi) is 10.7. The zero-order valence-corrected chi connectivity index (χ0v) is 22.7. The Morgan fingerprint density at radius 2 is 1.43 bits per heavy atom. The molecule has 6 nitrogen and oxygen atoms in total. The minimum absolute atomic E-state index is 0.0889. The number of hydrogen-bond acceptors (Lipinski definition) is 7. The smallest absolute Gasteiger partial charge is 0.158 e. The summed E-state index contributed by atoms with van der Waals surface area (Å²) < 4.78 is 11.7. The number of hydrogen-bond donors (Lipinski definition) is 3. The van der Waals surface area contributed by atoms with Gasteiger partial charge in [0, 0.05) is 10.6 Å². The fraction of sp³-hybridized carbons (Fsp3) is 0.481. The topological polar surface area (TPSA) is 107 Å². The molecule has 2 aromatic carbocycles. The highest BCUT2D eigenvalue weighted by Gasteiger charge is 2.33. The Labute approximate surface area is 218 Å². The number of rotatable bonds is 15. The van der Waals surface area contributed by atoms with E-state index in [0.717, 1.165) is 26.9 Å². The van der Waals surface area contributed by atoms with Gasteiger partial charge in [0.15, 0.2) is 5.84 Å². The van der Waals surface area contributed by atoms with Gasteiger partial charge >= 0.3 is 0 Å². The van der Waals surface area contributed by atoms with Crippen LogP contribution in [0.4, 0.5) is 5.69 Å². The van der Waals surface area contributed by atoms with Crippen molar-refractivity contribution in [2.24, 2.45) is 10.7 Å². The fourth-order valence-electron chi connectivity index (χ4n) is 4.25. The van der Waals surface area contributed by atoms with Crippen LogP contribution in [0.25, 0.3) is 0 Å². The first-order chi connectivity index (χ1) is 17.0. The number of amidine groups is 2. The van der Waals surface area contributed by atoms with Crippen LogP contribution in [-0.2, 0) is 0 Å². The molecule has 0 radical (unpaired) electrons. The van der Waals surface area contributed by atoms with E-state index in [1.807, 2.05) is 24.3 Å². The summed E-state index contributed by atoms with van der Waals surface area (Å²) in [5.41, 5.74) is 14.4. The van der Waals surface area contributed by atoms with E-state index in [1.54, 1.807) is 26.0 Å². The lowest BCUT2D eigenvalue weighted by atomic mass is 10.1. The Bertz CT molecular complexity index is 1060. The summed E-state index contributed by atoms with van der Waals surface area (Å²) in [5, 5.41) is 8.41. The Morgan fingerprint density at radius 3 is 2.06 bits per heavy atom. The van der Waals surface area contributed by atoms with Gasteiger partial charge in [-0.05, 0) is 24.3 Å². The van der Waals surface area contributed by atoms with Crippen molar-refractivity contribution in [3.63, 3.8) is 0 Å². The van der Waals surface area contributed by atoms with Gasteiger partial charge < -0.3 is 20.9 Å². The zero-order valence-electron chi connectivity index (χ0n) is 21.1. The molecule has 5 N–H and O–H groups in total. The van der Waals surface area contributed by atoms with E-state index in [-0.39, 0.29) is 5.84 Å². The van der Waals surface area contributed by atoms with Gasteiger partial charge in [0.1, 0.15) is 17.3 Å². The molecule has 0 fully saturated rings. The van der Waals surface area contributed by atoms with Crippen molar-refractivity contribution in [2.45, 2.75) is 79.4 Å². The fourth-order valence-corrected chi connectivity index (χ4v) is 6.66. The lowest BCUT2D eigenvalue weighted by Crippen LogP contribution is -2.14. The van der Waals surface area contributed by atoms with Gasteiger partial charge in [-0.3, -0.25) is 5.41 Å². The second kappa shape index (κ2) is 13.7. The molecule has 190 valence electrons. The van der Waals surface area contributed by atoms with Crippen molar-refractivity contribution in [2.75, 3.05) is 25.7 Å². The van der Waals surface area contributed by atoms with Crippen LogP contribution in [0.5, 0.6) is 11.5 Å². The molecule has 8 heteroatoms. The number of ether oxygens (including phenoxy) is 2. The average molecular weight is 515 g/mol. The molecule has 0 unspecified atom stereocenters. The van der Waals surface area contributed by atoms with E-state index < -0.39 is 0 Å². The SMILES string of the molecule is CCCCCCCCCCCSc1c(OC)c2c(c(OC)c1Sc1ccccc1N)C(=N)N=C2N. The predicted molar refractivity (Wildman–Crippen MR) is 150 cm³/mol. The van der Waals surface area contributed by atoms with Crippen molar-refractivity contribution < 1.29 is 9.47 Å². The van der Waals surface area contributed by atoms with Gasteiger partial charge in [0.2, 0.25) is 0 Å². The molecule has 0 amide bonds. The number of benzene rings is 2. The Hall–Kier alpha value is -2.32. The summed E-state index contributed by atoms with van der Waals surface area (Å²) in [5.74, 6) is 2.59. The lowest BCUT2D eigenvalue weighted by Gasteiger charge is -2.21. The quantitative estimate of drug-likeness (QED) is 0.133. The Balaban J connectivity index is 1.81. The second-order valence-corrected chi connectivity index (χ2v) is 10.8. The van der Waals surface area contributed by atoms with Crippen LogP contribution in [0.2, 0.25) is 0 Å². The molecule has 0 saturated heterocycles. The van der Waals surface area contributed by atoms with Gasteiger partial charge in [-0.25, -0.2) is 4.99 Å². The molecule has 0 aromatic heterocycles. The summed E-state index contributed by atoms with van der Waals surface area (Å²) in [6, 6.07) is 7.76. The second-order valence-electron chi connectivity index (χ2n) is 8.64.